The first kappa shape index (κ1) is 13.6. The number of pyridine rings is 1. The molecule has 2 heterocycles. The molecule has 7 nitrogen and oxygen atoms in total. The quantitative estimate of drug-likeness (QED) is 0.732. The number of hydrogen-bond donors (Lipinski definition) is 3. The van der Waals surface area contributed by atoms with E-state index in [1.165, 1.54) is 12.3 Å². The SMILES string of the molecule is Nc1c(C(=O)O)ccnc1NC1CCS(=O)(=O)CC1. The summed E-state index contributed by atoms with van der Waals surface area (Å²) in [6, 6.07) is 1.27. The topological polar surface area (TPSA) is 122 Å². The van der Waals surface area contributed by atoms with Crippen LogP contribution in [0.25, 0.3) is 0 Å². The molecule has 0 spiro atoms. The van der Waals surface area contributed by atoms with E-state index in [9.17, 15) is 13.2 Å². The van der Waals surface area contributed by atoms with Gasteiger partial charge in [0, 0.05) is 12.2 Å². The molecule has 1 aliphatic rings. The number of nitrogens with two attached hydrogens (primary N) is 1. The zero-order valence-electron chi connectivity index (χ0n) is 10.2. The van der Waals surface area contributed by atoms with Crippen molar-refractivity contribution in [1.29, 1.82) is 0 Å². The van der Waals surface area contributed by atoms with E-state index in [-0.39, 0.29) is 28.8 Å². The lowest BCUT2D eigenvalue weighted by atomic mass is 10.1. The van der Waals surface area contributed by atoms with Crippen molar-refractivity contribution in [3.8, 4) is 0 Å². The Morgan fingerprint density at radius 1 is 1.42 bits per heavy atom. The standard InChI is InChI=1S/C11H15N3O4S/c12-9-8(11(15)16)1-4-13-10(9)14-7-2-5-19(17,18)6-3-7/h1,4,7H,2-3,5-6,12H2,(H,13,14)(H,15,16). The van der Waals surface area contributed by atoms with Gasteiger partial charge in [-0.05, 0) is 18.9 Å². The molecule has 1 fully saturated rings. The molecule has 4 N–H and O–H groups in total. The number of anilines is 2. The van der Waals surface area contributed by atoms with Crippen LogP contribution in [0.15, 0.2) is 12.3 Å². The third kappa shape index (κ3) is 3.14. The highest BCUT2D eigenvalue weighted by molar-refractivity contribution is 7.91. The van der Waals surface area contributed by atoms with Crippen molar-refractivity contribution < 1.29 is 18.3 Å². The third-order valence-corrected chi connectivity index (χ3v) is 4.83. The van der Waals surface area contributed by atoms with Gasteiger partial charge >= 0.3 is 5.97 Å². The number of carbonyl (C=O) groups is 1. The molecule has 0 radical (unpaired) electrons. The van der Waals surface area contributed by atoms with E-state index in [0.717, 1.165) is 0 Å². The molecular formula is C11H15N3O4S. The summed E-state index contributed by atoms with van der Waals surface area (Å²) in [6.07, 6.45) is 2.31. The lowest BCUT2D eigenvalue weighted by Gasteiger charge is -2.24. The average molecular weight is 285 g/mol. The van der Waals surface area contributed by atoms with Crippen molar-refractivity contribution in [3.63, 3.8) is 0 Å². The summed E-state index contributed by atoms with van der Waals surface area (Å²) in [5.41, 5.74) is 5.79. The molecular weight excluding hydrogens is 270 g/mol. The summed E-state index contributed by atoms with van der Waals surface area (Å²) in [6.45, 7) is 0. The van der Waals surface area contributed by atoms with Gasteiger partial charge in [0.25, 0.3) is 0 Å². The van der Waals surface area contributed by atoms with Gasteiger partial charge in [-0.15, -0.1) is 0 Å². The van der Waals surface area contributed by atoms with Gasteiger partial charge in [0.15, 0.2) is 0 Å². The number of sulfone groups is 1. The molecule has 1 saturated heterocycles. The summed E-state index contributed by atoms with van der Waals surface area (Å²) >= 11 is 0. The Kier molecular flexibility index (Phi) is 3.61. The maximum Gasteiger partial charge on any atom is 0.337 e. The number of rotatable bonds is 3. The number of aromatic nitrogens is 1. The fourth-order valence-corrected chi connectivity index (χ4v) is 3.49. The first-order valence-corrected chi connectivity index (χ1v) is 7.66. The van der Waals surface area contributed by atoms with Crippen molar-refractivity contribution in [2.75, 3.05) is 22.6 Å². The van der Waals surface area contributed by atoms with Crippen LogP contribution in [0.2, 0.25) is 0 Å². The highest BCUT2D eigenvalue weighted by Crippen LogP contribution is 2.23. The van der Waals surface area contributed by atoms with Crippen molar-refractivity contribution in [1.82, 2.24) is 4.98 Å². The second kappa shape index (κ2) is 5.04. The van der Waals surface area contributed by atoms with Gasteiger partial charge in [-0.2, -0.15) is 0 Å². The average Bonchev–Trinajstić information content (AvgIpc) is 2.34. The smallest absolute Gasteiger partial charge is 0.337 e. The van der Waals surface area contributed by atoms with Crippen molar-refractivity contribution in [3.05, 3.63) is 17.8 Å². The van der Waals surface area contributed by atoms with Gasteiger partial charge in [-0.25, -0.2) is 18.2 Å². The molecule has 1 aromatic rings. The maximum atomic E-state index is 11.3. The molecule has 19 heavy (non-hydrogen) atoms. The van der Waals surface area contributed by atoms with Crippen LogP contribution in [0, 0.1) is 0 Å². The minimum Gasteiger partial charge on any atom is -0.478 e. The molecule has 0 aliphatic carbocycles. The van der Waals surface area contributed by atoms with Crippen molar-refractivity contribution >= 4 is 27.3 Å². The Morgan fingerprint density at radius 3 is 2.63 bits per heavy atom. The second-order valence-corrected chi connectivity index (χ2v) is 6.80. The van der Waals surface area contributed by atoms with Gasteiger partial charge in [-0.1, -0.05) is 0 Å². The van der Waals surface area contributed by atoms with Gasteiger partial charge in [0.1, 0.15) is 15.7 Å². The van der Waals surface area contributed by atoms with Crippen LogP contribution >= 0.6 is 0 Å². The molecule has 0 aromatic carbocycles. The van der Waals surface area contributed by atoms with Crippen molar-refractivity contribution in [2.45, 2.75) is 18.9 Å². The number of hydrogen-bond acceptors (Lipinski definition) is 6. The van der Waals surface area contributed by atoms with E-state index in [1.54, 1.807) is 0 Å². The van der Waals surface area contributed by atoms with Crippen LogP contribution in [-0.4, -0.2) is 42.0 Å². The van der Waals surface area contributed by atoms with E-state index in [0.29, 0.717) is 18.7 Å². The molecule has 1 aliphatic heterocycles. The molecule has 0 saturated carbocycles. The van der Waals surface area contributed by atoms with Gasteiger partial charge in [-0.3, -0.25) is 0 Å². The first-order valence-electron chi connectivity index (χ1n) is 5.84. The van der Waals surface area contributed by atoms with Crippen LogP contribution in [-0.2, 0) is 9.84 Å². The number of nitrogens with zero attached hydrogens (tertiary/aromatic N) is 1. The predicted molar refractivity (Wildman–Crippen MR) is 70.9 cm³/mol. The Bertz CT molecular complexity index is 586. The van der Waals surface area contributed by atoms with E-state index >= 15 is 0 Å². The van der Waals surface area contributed by atoms with E-state index < -0.39 is 15.8 Å². The minimum atomic E-state index is -2.93. The third-order valence-electron chi connectivity index (χ3n) is 3.12. The van der Waals surface area contributed by atoms with Gasteiger partial charge < -0.3 is 16.2 Å². The summed E-state index contributed by atoms with van der Waals surface area (Å²) < 4.78 is 22.6. The molecule has 2 rings (SSSR count). The Balaban J connectivity index is 2.12. The van der Waals surface area contributed by atoms with E-state index in [1.807, 2.05) is 0 Å². The number of nitrogen functional groups attached to an aromatic ring is 1. The molecule has 1 aromatic heterocycles. The van der Waals surface area contributed by atoms with Crippen LogP contribution in [0.5, 0.6) is 0 Å². The Hall–Kier alpha value is -1.83. The fourth-order valence-electron chi connectivity index (χ4n) is 2.00. The predicted octanol–water partition coefficient (Wildman–Crippen LogP) is 0.351. The summed E-state index contributed by atoms with van der Waals surface area (Å²) in [5.74, 6) is -0.565. The molecule has 8 heteroatoms. The van der Waals surface area contributed by atoms with Crippen LogP contribution in [0.1, 0.15) is 23.2 Å². The fraction of sp³-hybridized carbons (Fsp3) is 0.455. The second-order valence-electron chi connectivity index (χ2n) is 4.50. The highest BCUT2D eigenvalue weighted by Gasteiger charge is 2.24. The van der Waals surface area contributed by atoms with Crippen LogP contribution in [0.3, 0.4) is 0 Å². The number of aromatic carboxylic acids is 1. The molecule has 0 atom stereocenters. The Labute approximate surface area is 110 Å². The molecule has 0 bridgehead atoms. The zero-order valence-corrected chi connectivity index (χ0v) is 11.0. The zero-order chi connectivity index (χ0) is 14.0. The lowest BCUT2D eigenvalue weighted by Crippen LogP contribution is -2.32. The largest absolute Gasteiger partial charge is 0.478 e. The van der Waals surface area contributed by atoms with Gasteiger partial charge in [0.05, 0.1) is 22.8 Å². The van der Waals surface area contributed by atoms with Crippen molar-refractivity contribution in [2.24, 2.45) is 0 Å². The first-order chi connectivity index (χ1) is 8.89. The van der Waals surface area contributed by atoms with Crippen LogP contribution in [0.4, 0.5) is 11.5 Å². The monoisotopic (exact) mass is 285 g/mol. The van der Waals surface area contributed by atoms with E-state index in [2.05, 4.69) is 10.3 Å². The Morgan fingerprint density at radius 2 is 2.05 bits per heavy atom. The summed E-state index contributed by atoms with van der Waals surface area (Å²) in [4.78, 5) is 14.9. The van der Waals surface area contributed by atoms with E-state index in [4.69, 9.17) is 10.8 Å². The number of carboxylic acid groups (broad SMARTS) is 1. The molecule has 0 unspecified atom stereocenters. The lowest BCUT2D eigenvalue weighted by molar-refractivity contribution is 0.0698. The molecule has 104 valence electrons. The normalized spacial score (nSPS) is 18.9. The van der Waals surface area contributed by atoms with Crippen LogP contribution < -0.4 is 11.1 Å². The number of carboxylic acids is 1. The minimum absolute atomic E-state index is 0.0130. The molecule has 0 amide bonds. The summed E-state index contributed by atoms with van der Waals surface area (Å²) in [7, 11) is -2.93. The number of nitrogens with one attached hydrogen (secondary N) is 1. The maximum absolute atomic E-state index is 11.3. The van der Waals surface area contributed by atoms with Gasteiger partial charge in [0.2, 0.25) is 0 Å². The highest BCUT2D eigenvalue weighted by atomic mass is 32.2. The summed E-state index contributed by atoms with van der Waals surface area (Å²) in [5, 5.41) is 12.0.